The number of aryl methyl sites for hydroxylation is 1. The standard InChI is InChI=1S/C16H24O3/c1-16(2,3)19-15(18)11-6-4-5-8-13-9-7-10-14(17)12-13/h7,9-10,12,17H,4-6,8,11H2,1-3H3. The van der Waals surface area contributed by atoms with Crippen LogP contribution in [0.1, 0.15) is 52.0 Å². The molecule has 1 aromatic carbocycles. The lowest BCUT2D eigenvalue weighted by atomic mass is 10.1. The SMILES string of the molecule is CC(C)(C)OC(=O)CCCCCc1cccc(O)c1. The second-order valence-electron chi connectivity index (χ2n) is 5.82. The molecule has 0 fully saturated rings. The Morgan fingerprint density at radius 3 is 2.58 bits per heavy atom. The summed E-state index contributed by atoms with van der Waals surface area (Å²) in [5.41, 5.74) is 0.746. The average molecular weight is 264 g/mol. The van der Waals surface area contributed by atoms with Crippen LogP contribution in [0, 0.1) is 0 Å². The van der Waals surface area contributed by atoms with Crippen molar-refractivity contribution in [3.05, 3.63) is 29.8 Å². The largest absolute Gasteiger partial charge is 0.508 e. The van der Waals surface area contributed by atoms with Crippen molar-refractivity contribution >= 4 is 5.97 Å². The Bertz CT molecular complexity index is 405. The van der Waals surface area contributed by atoms with Crippen molar-refractivity contribution < 1.29 is 14.6 Å². The first-order valence-corrected chi connectivity index (χ1v) is 6.86. The van der Waals surface area contributed by atoms with Crippen LogP contribution in [-0.2, 0) is 16.0 Å². The van der Waals surface area contributed by atoms with Crippen molar-refractivity contribution in [1.82, 2.24) is 0 Å². The summed E-state index contributed by atoms with van der Waals surface area (Å²) < 4.78 is 5.25. The molecule has 3 nitrogen and oxygen atoms in total. The zero-order valence-corrected chi connectivity index (χ0v) is 12.1. The maximum atomic E-state index is 11.5. The first kappa shape index (κ1) is 15.5. The predicted molar refractivity (Wildman–Crippen MR) is 76.1 cm³/mol. The van der Waals surface area contributed by atoms with E-state index in [4.69, 9.17) is 4.74 Å². The van der Waals surface area contributed by atoms with E-state index >= 15 is 0 Å². The molecule has 0 saturated carbocycles. The van der Waals surface area contributed by atoms with E-state index in [0.29, 0.717) is 12.2 Å². The van der Waals surface area contributed by atoms with Crippen molar-refractivity contribution in [1.29, 1.82) is 0 Å². The molecule has 0 aliphatic carbocycles. The number of phenolic OH excluding ortho intramolecular Hbond substituents is 1. The molecule has 1 aromatic rings. The fourth-order valence-corrected chi connectivity index (χ4v) is 1.88. The highest BCUT2D eigenvalue weighted by Crippen LogP contribution is 2.15. The van der Waals surface area contributed by atoms with Gasteiger partial charge in [-0.1, -0.05) is 18.6 Å². The fourth-order valence-electron chi connectivity index (χ4n) is 1.88. The molecule has 0 radical (unpaired) electrons. The predicted octanol–water partition coefficient (Wildman–Crippen LogP) is 3.84. The lowest BCUT2D eigenvalue weighted by molar-refractivity contribution is -0.154. The van der Waals surface area contributed by atoms with Gasteiger partial charge < -0.3 is 9.84 Å². The lowest BCUT2D eigenvalue weighted by Gasteiger charge is -2.19. The Kier molecular flexibility index (Phi) is 5.87. The quantitative estimate of drug-likeness (QED) is 0.627. The number of benzene rings is 1. The van der Waals surface area contributed by atoms with Gasteiger partial charge in [-0.2, -0.15) is 0 Å². The van der Waals surface area contributed by atoms with Crippen LogP contribution in [0.2, 0.25) is 0 Å². The third kappa shape index (κ3) is 7.50. The molecule has 0 aromatic heterocycles. The summed E-state index contributed by atoms with van der Waals surface area (Å²) in [6.45, 7) is 5.65. The van der Waals surface area contributed by atoms with Crippen LogP contribution in [0.3, 0.4) is 0 Å². The summed E-state index contributed by atoms with van der Waals surface area (Å²) >= 11 is 0. The van der Waals surface area contributed by atoms with Crippen LogP contribution >= 0.6 is 0 Å². The molecule has 0 heterocycles. The topological polar surface area (TPSA) is 46.5 Å². The molecular formula is C16H24O3. The van der Waals surface area contributed by atoms with Crippen LogP contribution in [0.25, 0.3) is 0 Å². The van der Waals surface area contributed by atoms with Crippen molar-refractivity contribution in [2.24, 2.45) is 0 Å². The maximum Gasteiger partial charge on any atom is 0.306 e. The minimum atomic E-state index is -0.390. The zero-order valence-electron chi connectivity index (χ0n) is 12.1. The van der Waals surface area contributed by atoms with E-state index in [1.54, 1.807) is 12.1 Å². The molecule has 0 aliphatic rings. The first-order valence-electron chi connectivity index (χ1n) is 6.86. The monoisotopic (exact) mass is 264 g/mol. The van der Waals surface area contributed by atoms with E-state index in [2.05, 4.69) is 0 Å². The summed E-state index contributed by atoms with van der Waals surface area (Å²) in [5.74, 6) is 0.191. The molecule has 0 spiro atoms. The molecule has 3 heteroatoms. The summed E-state index contributed by atoms with van der Waals surface area (Å²) in [4.78, 5) is 11.5. The molecule has 0 saturated heterocycles. The van der Waals surface area contributed by atoms with Gasteiger partial charge in [0.05, 0.1) is 0 Å². The van der Waals surface area contributed by atoms with E-state index in [0.717, 1.165) is 31.2 Å². The van der Waals surface area contributed by atoms with Crippen molar-refractivity contribution in [3.63, 3.8) is 0 Å². The molecule has 0 unspecified atom stereocenters. The Morgan fingerprint density at radius 1 is 1.21 bits per heavy atom. The number of hydrogen-bond acceptors (Lipinski definition) is 3. The van der Waals surface area contributed by atoms with Gasteiger partial charge in [-0.25, -0.2) is 0 Å². The number of hydrogen-bond donors (Lipinski definition) is 1. The van der Waals surface area contributed by atoms with E-state index in [9.17, 15) is 9.90 Å². The Balaban J connectivity index is 2.13. The van der Waals surface area contributed by atoms with Gasteiger partial charge in [-0.05, 0) is 57.7 Å². The van der Waals surface area contributed by atoms with Gasteiger partial charge >= 0.3 is 5.97 Å². The molecular weight excluding hydrogens is 240 g/mol. The minimum absolute atomic E-state index is 0.121. The molecule has 19 heavy (non-hydrogen) atoms. The number of carbonyl (C=O) groups is 1. The maximum absolute atomic E-state index is 11.5. The third-order valence-corrected chi connectivity index (χ3v) is 2.68. The van der Waals surface area contributed by atoms with Gasteiger partial charge in [0.2, 0.25) is 0 Å². The molecule has 0 bridgehead atoms. The van der Waals surface area contributed by atoms with E-state index in [1.165, 1.54) is 0 Å². The zero-order chi connectivity index (χ0) is 14.3. The Labute approximate surface area is 115 Å². The van der Waals surface area contributed by atoms with Crippen LogP contribution in [0.4, 0.5) is 0 Å². The van der Waals surface area contributed by atoms with Crippen LogP contribution < -0.4 is 0 Å². The summed E-state index contributed by atoms with van der Waals surface area (Å²) in [7, 11) is 0. The second-order valence-corrected chi connectivity index (χ2v) is 5.82. The lowest BCUT2D eigenvalue weighted by Crippen LogP contribution is -2.23. The van der Waals surface area contributed by atoms with Crippen molar-refractivity contribution in [2.75, 3.05) is 0 Å². The molecule has 1 rings (SSSR count). The highest BCUT2D eigenvalue weighted by atomic mass is 16.6. The van der Waals surface area contributed by atoms with Crippen molar-refractivity contribution in [3.8, 4) is 5.75 Å². The third-order valence-electron chi connectivity index (χ3n) is 2.68. The van der Waals surface area contributed by atoms with Gasteiger partial charge in [0.15, 0.2) is 0 Å². The number of ether oxygens (including phenoxy) is 1. The fraction of sp³-hybridized carbons (Fsp3) is 0.562. The second kappa shape index (κ2) is 7.17. The number of phenols is 1. The van der Waals surface area contributed by atoms with Gasteiger partial charge in [-0.15, -0.1) is 0 Å². The van der Waals surface area contributed by atoms with E-state index < -0.39 is 5.60 Å². The number of esters is 1. The summed E-state index contributed by atoms with van der Waals surface area (Å²) in [5, 5.41) is 9.34. The van der Waals surface area contributed by atoms with Gasteiger partial charge in [0.25, 0.3) is 0 Å². The molecule has 0 amide bonds. The van der Waals surface area contributed by atoms with Crippen LogP contribution in [0.5, 0.6) is 5.75 Å². The highest BCUT2D eigenvalue weighted by molar-refractivity contribution is 5.69. The number of unbranched alkanes of at least 4 members (excludes halogenated alkanes) is 2. The van der Waals surface area contributed by atoms with Crippen LogP contribution in [0.15, 0.2) is 24.3 Å². The van der Waals surface area contributed by atoms with Gasteiger partial charge in [0, 0.05) is 6.42 Å². The van der Waals surface area contributed by atoms with E-state index in [1.807, 2.05) is 32.9 Å². The van der Waals surface area contributed by atoms with Gasteiger partial charge in [0.1, 0.15) is 11.4 Å². The van der Waals surface area contributed by atoms with E-state index in [-0.39, 0.29) is 5.97 Å². The van der Waals surface area contributed by atoms with Crippen molar-refractivity contribution in [2.45, 2.75) is 58.5 Å². The minimum Gasteiger partial charge on any atom is -0.508 e. The Hall–Kier alpha value is -1.51. The number of carbonyl (C=O) groups excluding carboxylic acids is 1. The smallest absolute Gasteiger partial charge is 0.306 e. The van der Waals surface area contributed by atoms with Crippen LogP contribution in [-0.4, -0.2) is 16.7 Å². The molecule has 106 valence electrons. The normalized spacial score (nSPS) is 11.3. The average Bonchev–Trinajstić information content (AvgIpc) is 2.26. The first-order chi connectivity index (χ1) is 8.87. The summed E-state index contributed by atoms with van der Waals surface area (Å²) in [6.07, 6.45) is 4.29. The molecule has 0 atom stereocenters. The molecule has 0 aliphatic heterocycles. The highest BCUT2D eigenvalue weighted by Gasteiger charge is 2.15. The summed E-state index contributed by atoms with van der Waals surface area (Å²) in [6, 6.07) is 7.32. The number of aromatic hydroxyl groups is 1. The van der Waals surface area contributed by atoms with Gasteiger partial charge in [-0.3, -0.25) is 4.79 Å². The Morgan fingerprint density at radius 2 is 1.95 bits per heavy atom. The number of rotatable bonds is 6. The molecule has 1 N–H and O–H groups in total.